The first-order valence-corrected chi connectivity index (χ1v) is 19.9. The first-order valence-electron chi connectivity index (χ1n) is 19.9. The predicted molar refractivity (Wildman–Crippen MR) is 240 cm³/mol. The first kappa shape index (κ1) is 31.0. The Hall–Kier alpha value is -8.16. The highest BCUT2D eigenvalue weighted by molar-refractivity contribution is 6.45. The van der Waals surface area contributed by atoms with Gasteiger partial charge in [-0.25, -0.2) is 9.97 Å². The fourth-order valence-electron chi connectivity index (χ4n) is 10.0. The maximum atomic E-state index is 5.15. The van der Waals surface area contributed by atoms with Crippen LogP contribution in [0.4, 0.5) is 0 Å². The highest BCUT2D eigenvalue weighted by Crippen LogP contribution is 2.51. The quantitative estimate of drug-likeness (QED) is 0.130. The zero-order valence-electron chi connectivity index (χ0n) is 31.4. The Balaban J connectivity index is 1.05. The van der Waals surface area contributed by atoms with Gasteiger partial charge in [0.25, 0.3) is 0 Å². The van der Waals surface area contributed by atoms with Crippen LogP contribution >= 0.6 is 0 Å². The molecule has 0 aliphatic rings. The lowest BCUT2D eigenvalue weighted by Crippen LogP contribution is -2.06. The molecule has 0 spiro atoms. The van der Waals surface area contributed by atoms with E-state index in [0.29, 0.717) is 17.6 Å². The normalized spacial score (nSPS) is 12.4. The molecule has 0 unspecified atom stereocenters. The highest BCUT2D eigenvalue weighted by atomic mass is 15.2. The van der Waals surface area contributed by atoms with Crippen LogP contribution in [0.15, 0.2) is 176 Å². The molecule has 0 aliphatic heterocycles. The van der Waals surface area contributed by atoms with Crippen molar-refractivity contribution >= 4 is 87.0 Å². The Bertz CT molecular complexity index is 3760. The van der Waals surface area contributed by atoms with Gasteiger partial charge in [-0.2, -0.15) is 9.97 Å². The van der Waals surface area contributed by atoms with Crippen LogP contribution in [0.3, 0.4) is 0 Å². The molecule has 14 rings (SSSR count). The summed E-state index contributed by atoms with van der Waals surface area (Å²) in [5.41, 5.74) is 9.80. The van der Waals surface area contributed by atoms with E-state index < -0.39 is 0 Å². The van der Waals surface area contributed by atoms with Crippen molar-refractivity contribution < 1.29 is 0 Å². The lowest BCUT2D eigenvalue weighted by atomic mass is 9.90. The molecule has 59 heavy (non-hydrogen) atoms. The van der Waals surface area contributed by atoms with Crippen LogP contribution in [0.25, 0.3) is 127 Å². The maximum Gasteiger partial charge on any atom is 0.238 e. The lowest BCUT2D eigenvalue weighted by Gasteiger charge is -2.12. The minimum atomic E-state index is 0.582. The number of hydrogen-bond acceptors (Lipinski definition) is 4. The highest BCUT2D eigenvalue weighted by Gasteiger charge is 2.28. The van der Waals surface area contributed by atoms with Gasteiger partial charge >= 0.3 is 0 Å². The number of nitrogens with zero attached hydrogens (tertiary/aromatic N) is 7. The smallest absolute Gasteiger partial charge is 0.238 e. The van der Waals surface area contributed by atoms with E-state index in [1.165, 1.54) is 65.2 Å². The third-order valence-corrected chi connectivity index (χ3v) is 12.4. The van der Waals surface area contributed by atoms with Gasteiger partial charge in [0.15, 0.2) is 11.6 Å². The van der Waals surface area contributed by atoms with Gasteiger partial charge in [-0.05, 0) is 71.4 Å². The molecule has 5 aromatic heterocycles. The summed E-state index contributed by atoms with van der Waals surface area (Å²) in [5.74, 6) is 2.78. The van der Waals surface area contributed by atoms with Crippen molar-refractivity contribution in [3.05, 3.63) is 176 Å². The Morgan fingerprint density at radius 1 is 0.339 bits per heavy atom. The zero-order valence-corrected chi connectivity index (χ0v) is 31.4. The summed E-state index contributed by atoms with van der Waals surface area (Å²) in [6.45, 7) is 0. The molecule has 0 saturated heterocycles. The molecule has 0 saturated carbocycles. The monoisotopic (exact) mass is 751 g/mol. The molecule has 0 bridgehead atoms. The van der Waals surface area contributed by atoms with Gasteiger partial charge in [-0.3, -0.25) is 9.13 Å². The van der Waals surface area contributed by atoms with Crippen molar-refractivity contribution in [1.82, 2.24) is 33.6 Å². The summed E-state index contributed by atoms with van der Waals surface area (Å²) in [6.07, 6.45) is 1.88. The van der Waals surface area contributed by atoms with E-state index in [9.17, 15) is 0 Å². The van der Waals surface area contributed by atoms with E-state index in [2.05, 4.69) is 117 Å². The lowest BCUT2D eigenvalue weighted by molar-refractivity contribution is 0.953. The van der Waals surface area contributed by atoms with Gasteiger partial charge in [0.05, 0.1) is 33.1 Å². The van der Waals surface area contributed by atoms with Gasteiger partial charge in [-0.15, -0.1) is 0 Å². The fraction of sp³-hybridized carbons (Fsp3) is 0. The number of rotatable bonds is 5. The van der Waals surface area contributed by atoms with Crippen LogP contribution in [-0.2, 0) is 0 Å². The second kappa shape index (κ2) is 11.2. The summed E-state index contributed by atoms with van der Waals surface area (Å²) in [7, 11) is 0. The molecule has 0 radical (unpaired) electrons. The molecule has 0 fully saturated rings. The predicted octanol–water partition coefficient (Wildman–Crippen LogP) is 12.5. The molecular formula is C52H29N7. The van der Waals surface area contributed by atoms with Crippen molar-refractivity contribution in [3.8, 4) is 40.2 Å². The Morgan fingerprint density at radius 2 is 0.847 bits per heavy atom. The van der Waals surface area contributed by atoms with E-state index in [1.54, 1.807) is 0 Å². The van der Waals surface area contributed by atoms with E-state index in [-0.39, 0.29) is 0 Å². The van der Waals surface area contributed by atoms with Crippen molar-refractivity contribution in [2.24, 2.45) is 0 Å². The maximum absolute atomic E-state index is 5.15. The van der Waals surface area contributed by atoms with Gasteiger partial charge in [-0.1, -0.05) is 109 Å². The number of benzene rings is 9. The van der Waals surface area contributed by atoms with Gasteiger partial charge in [0.2, 0.25) is 5.95 Å². The molecule has 14 aromatic rings. The van der Waals surface area contributed by atoms with Crippen molar-refractivity contribution in [2.75, 3.05) is 0 Å². The molecule has 7 heteroatoms. The van der Waals surface area contributed by atoms with Crippen LogP contribution < -0.4 is 0 Å². The summed E-state index contributed by atoms with van der Waals surface area (Å²) in [4.78, 5) is 20.1. The largest absolute Gasteiger partial charge is 0.309 e. The molecule has 0 aliphatic carbocycles. The molecule has 0 amide bonds. The van der Waals surface area contributed by atoms with Crippen molar-refractivity contribution in [3.63, 3.8) is 0 Å². The topological polar surface area (TPSA) is 66.3 Å². The van der Waals surface area contributed by atoms with Gasteiger partial charge in [0.1, 0.15) is 5.82 Å². The van der Waals surface area contributed by atoms with Crippen LogP contribution in [0.5, 0.6) is 0 Å². The van der Waals surface area contributed by atoms with E-state index >= 15 is 0 Å². The third-order valence-electron chi connectivity index (χ3n) is 12.4. The molecule has 272 valence electrons. The Morgan fingerprint density at radius 3 is 1.42 bits per heavy atom. The fourth-order valence-corrected chi connectivity index (χ4v) is 10.0. The zero-order chi connectivity index (χ0) is 38.3. The second-order valence-corrected chi connectivity index (χ2v) is 15.5. The number of para-hydroxylation sites is 1. The van der Waals surface area contributed by atoms with Crippen LogP contribution in [0, 0.1) is 0 Å². The number of hydrogen-bond donors (Lipinski definition) is 0. The Labute approximate surface area is 335 Å². The van der Waals surface area contributed by atoms with E-state index in [4.69, 9.17) is 19.9 Å². The number of fused-ring (bicyclic) bond motifs is 3. The first-order chi connectivity index (χ1) is 29.3. The summed E-state index contributed by atoms with van der Waals surface area (Å²) < 4.78 is 7.00. The standard InChI is InChI=1S/C52H29N7/c1-3-11-32(12-4-1)50-54-51(33-13-5-2-6-14-33)56-52(55-50)59-37-16-8-7-15-35(37)36-29-34(22-27-38(36)59)57-39-23-18-30-20-25-41-48-44(30)46(39)47-40(57)24-19-31-21-26-42(49(48)45(31)47)58(41)43-17-9-10-28-53-43/h1-29H. The summed E-state index contributed by atoms with van der Waals surface area (Å²) >= 11 is 0. The molecule has 9 aromatic carbocycles. The average Bonchev–Trinajstić information content (AvgIpc) is 3.96. The van der Waals surface area contributed by atoms with Crippen LogP contribution in [0.2, 0.25) is 0 Å². The molecule has 7 nitrogen and oxygen atoms in total. The van der Waals surface area contributed by atoms with Gasteiger partial charge in [0, 0.05) is 66.1 Å². The minimum Gasteiger partial charge on any atom is -0.309 e. The van der Waals surface area contributed by atoms with Crippen LogP contribution in [0.1, 0.15) is 0 Å². The SMILES string of the molecule is c1ccc(-c2nc(-c3ccccc3)nc(-n3c4ccccc4c4cc(-n5c6ccc7ccc8c9c7c6c6c7c(ccc65)ccc(c79)n8-c5ccccn5)ccc43)n2)cc1. The molecule has 0 atom stereocenters. The van der Waals surface area contributed by atoms with Crippen molar-refractivity contribution in [1.29, 1.82) is 0 Å². The Kier molecular flexibility index (Phi) is 5.90. The third kappa shape index (κ3) is 4.05. The summed E-state index contributed by atoms with van der Waals surface area (Å²) in [5, 5.41) is 12.6. The second-order valence-electron chi connectivity index (χ2n) is 15.5. The van der Waals surface area contributed by atoms with E-state index in [0.717, 1.165) is 44.4 Å². The minimum absolute atomic E-state index is 0.582. The van der Waals surface area contributed by atoms with Crippen molar-refractivity contribution in [2.45, 2.75) is 0 Å². The molecule has 5 heterocycles. The number of aromatic nitrogens is 7. The number of pyridine rings is 1. The summed E-state index contributed by atoms with van der Waals surface area (Å²) in [6, 6.07) is 60.2. The van der Waals surface area contributed by atoms with Crippen LogP contribution in [-0.4, -0.2) is 33.6 Å². The van der Waals surface area contributed by atoms with E-state index in [1.807, 2.05) is 72.9 Å². The van der Waals surface area contributed by atoms with Gasteiger partial charge < -0.3 is 4.57 Å². The molecular weight excluding hydrogens is 723 g/mol. The molecule has 0 N–H and O–H groups in total. The average molecular weight is 752 g/mol.